The van der Waals surface area contributed by atoms with E-state index in [2.05, 4.69) is 27.3 Å². The van der Waals surface area contributed by atoms with Crippen LogP contribution in [0.25, 0.3) is 10.9 Å². The van der Waals surface area contributed by atoms with Crippen molar-refractivity contribution in [3.63, 3.8) is 0 Å². The van der Waals surface area contributed by atoms with E-state index in [1.165, 1.54) is 5.56 Å². The van der Waals surface area contributed by atoms with E-state index in [1.807, 2.05) is 43.4 Å². The monoisotopic (exact) mass is 347 g/mol. The average Bonchev–Trinajstić information content (AvgIpc) is 3.25. The summed E-state index contributed by atoms with van der Waals surface area (Å²) in [5.74, 6) is 0.197. The van der Waals surface area contributed by atoms with Crippen molar-refractivity contribution in [2.24, 2.45) is 0 Å². The standard InChI is InChI=1S/C21H21N3O2/c1-24-10-9-18(14-5-3-2-4-6-14)20(24)21(26)23-16-7-8-19-15(11-16)12-17(13-25)22-19/h2-8,11-13,18,20,22H,9-10H2,1H3,(H,23,26)/t18-,20-/m0/s1. The van der Waals surface area contributed by atoms with Crippen molar-refractivity contribution in [3.8, 4) is 0 Å². The third-order valence-corrected chi connectivity index (χ3v) is 5.18. The minimum absolute atomic E-state index is 0.00403. The molecule has 4 rings (SSSR count). The minimum Gasteiger partial charge on any atom is -0.352 e. The molecule has 5 heteroatoms. The van der Waals surface area contributed by atoms with Crippen LogP contribution in [0.3, 0.4) is 0 Å². The maximum Gasteiger partial charge on any atom is 0.242 e. The number of amides is 1. The zero-order valence-corrected chi connectivity index (χ0v) is 14.6. The molecule has 2 N–H and O–H groups in total. The Morgan fingerprint density at radius 2 is 2.00 bits per heavy atom. The molecule has 1 saturated heterocycles. The Bertz CT molecular complexity index is 948. The van der Waals surface area contributed by atoms with E-state index in [-0.39, 0.29) is 17.9 Å². The van der Waals surface area contributed by atoms with Crippen molar-refractivity contribution >= 4 is 28.8 Å². The van der Waals surface area contributed by atoms with E-state index in [1.54, 1.807) is 6.07 Å². The Labute approximate surface area is 152 Å². The second kappa shape index (κ2) is 6.77. The van der Waals surface area contributed by atoms with Crippen LogP contribution < -0.4 is 5.32 Å². The van der Waals surface area contributed by atoms with Gasteiger partial charge < -0.3 is 10.3 Å². The molecule has 1 amide bonds. The lowest BCUT2D eigenvalue weighted by Gasteiger charge is -2.24. The highest BCUT2D eigenvalue weighted by Gasteiger charge is 2.38. The number of carbonyl (C=O) groups is 2. The van der Waals surface area contributed by atoms with Crippen LogP contribution in [-0.4, -0.2) is 41.7 Å². The SMILES string of the molecule is CN1CC[C@@H](c2ccccc2)[C@H]1C(=O)Nc1ccc2[nH]c(C=O)cc2c1. The molecule has 0 unspecified atom stereocenters. The molecule has 2 aromatic carbocycles. The normalized spacial score (nSPS) is 20.3. The van der Waals surface area contributed by atoms with Gasteiger partial charge in [0.15, 0.2) is 6.29 Å². The number of anilines is 1. The topological polar surface area (TPSA) is 65.2 Å². The largest absolute Gasteiger partial charge is 0.352 e. The van der Waals surface area contributed by atoms with Gasteiger partial charge in [-0.25, -0.2) is 0 Å². The summed E-state index contributed by atoms with van der Waals surface area (Å²) in [6.45, 7) is 0.900. The predicted molar refractivity (Wildman–Crippen MR) is 103 cm³/mol. The first-order valence-electron chi connectivity index (χ1n) is 8.80. The Balaban J connectivity index is 1.57. The van der Waals surface area contributed by atoms with Gasteiger partial charge in [0, 0.05) is 22.5 Å². The summed E-state index contributed by atoms with van der Waals surface area (Å²) in [6.07, 6.45) is 1.76. The van der Waals surface area contributed by atoms with Crippen LogP contribution in [0.2, 0.25) is 0 Å². The van der Waals surface area contributed by atoms with Crippen molar-refractivity contribution in [3.05, 3.63) is 65.9 Å². The fourth-order valence-electron chi connectivity index (χ4n) is 3.89. The van der Waals surface area contributed by atoms with Gasteiger partial charge in [-0.3, -0.25) is 14.5 Å². The molecular weight excluding hydrogens is 326 g/mol. The molecule has 2 heterocycles. The average molecular weight is 347 g/mol. The summed E-state index contributed by atoms with van der Waals surface area (Å²) in [6, 6.07) is 17.5. The van der Waals surface area contributed by atoms with Gasteiger partial charge in [0.1, 0.15) is 0 Å². The van der Waals surface area contributed by atoms with Gasteiger partial charge in [-0.1, -0.05) is 30.3 Å². The fraction of sp³-hybridized carbons (Fsp3) is 0.238. The van der Waals surface area contributed by atoms with Crippen LogP contribution in [0.4, 0.5) is 5.69 Å². The third kappa shape index (κ3) is 3.02. The number of H-pyrrole nitrogens is 1. The predicted octanol–water partition coefficient (Wildman–Crippen LogP) is 3.41. The van der Waals surface area contributed by atoms with E-state index in [4.69, 9.17) is 0 Å². The van der Waals surface area contributed by atoms with E-state index in [9.17, 15) is 9.59 Å². The van der Waals surface area contributed by atoms with Crippen molar-refractivity contribution in [1.82, 2.24) is 9.88 Å². The van der Waals surface area contributed by atoms with E-state index in [0.29, 0.717) is 5.69 Å². The molecule has 0 saturated carbocycles. The number of aldehydes is 1. The van der Waals surface area contributed by atoms with Gasteiger partial charge in [0.05, 0.1) is 11.7 Å². The molecular formula is C21H21N3O2. The van der Waals surface area contributed by atoms with E-state index in [0.717, 1.165) is 35.8 Å². The number of fused-ring (bicyclic) bond motifs is 1. The molecule has 5 nitrogen and oxygen atoms in total. The molecule has 1 fully saturated rings. The molecule has 2 atom stereocenters. The van der Waals surface area contributed by atoms with Crippen LogP contribution in [0, 0.1) is 0 Å². The summed E-state index contributed by atoms with van der Waals surface area (Å²) >= 11 is 0. The molecule has 1 aliphatic rings. The lowest BCUT2D eigenvalue weighted by atomic mass is 9.91. The summed E-state index contributed by atoms with van der Waals surface area (Å²) in [4.78, 5) is 29.0. The molecule has 3 aromatic rings. The molecule has 0 bridgehead atoms. The number of aromatic nitrogens is 1. The summed E-state index contributed by atoms with van der Waals surface area (Å²) in [5.41, 5.74) is 3.35. The van der Waals surface area contributed by atoms with Crippen molar-refractivity contribution in [1.29, 1.82) is 0 Å². The highest BCUT2D eigenvalue weighted by atomic mass is 16.2. The Kier molecular flexibility index (Phi) is 4.31. The van der Waals surface area contributed by atoms with E-state index >= 15 is 0 Å². The van der Waals surface area contributed by atoms with Crippen molar-refractivity contribution < 1.29 is 9.59 Å². The number of hydrogen-bond acceptors (Lipinski definition) is 3. The number of rotatable bonds is 4. The van der Waals surface area contributed by atoms with Gasteiger partial charge in [-0.15, -0.1) is 0 Å². The maximum absolute atomic E-state index is 13.0. The number of carbonyl (C=O) groups excluding carboxylic acids is 2. The highest BCUT2D eigenvalue weighted by Crippen LogP contribution is 2.33. The number of aromatic amines is 1. The van der Waals surface area contributed by atoms with Gasteiger partial charge >= 0.3 is 0 Å². The first-order valence-corrected chi connectivity index (χ1v) is 8.80. The third-order valence-electron chi connectivity index (χ3n) is 5.18. The highest BCUT2D eigenvalue weighted by molar-refractivity contribution is 5.98. The van der Waals surface area contributed by atoms with Crippen LogP contribution in [0.5, 0.6) is 0 Å². The molecule has 1 aliphatic heterocycles. The lowest BCUT2D eigenvalue weighted by Crippen LogP contribution is -2.40. The second-order valence-corrected chi connectivity index (χ2v) is 6.87. The zero-order valence-electron chi connectivity index (χ0n) is 14.6. The summed E-state index contributed by atoms with van der Waals surface area (Å²) in [5, 5.41) is 3.96. The van der Waals surface area contributed by atoms with Crippen LogP contribution in [0.1, 0.15) is 28.4 Å². The quantitative estimate of drug-likeness (QED) is 0.711. The lowest BCUT2D eigenvalue weighted by molar-refractivity contribution is -0.120. The molecule has 132 valence electrons. The Morgan fingerprint density at radius 1 is 1.19 bits per heavy atom. The fourth-order valence-corrected chi connectivity index (χ4v) is 3.89. The van der Waals surface area contributed by atoms with Gasteiger partial charge in [-0.2, -0.15) is 0 Å². The van der Waals surface area contributed by atoms with Crippen LogP contribution in [0.15, 0.2) is 54.6 Å². The number of likely N-dealkylation sites (N-methyl/N-ethyl adjacent to an activating group) is 1. The number of benzene rings is 2. The molecule has 0 radical (unpaired) electrons. The Hall–Kier alpha value is -2.92. The first-order chi connectivity index (χ1) is 12.7. The molecule has 0 spiro atoms. The minimum atomic E-state index is -0.190. The Morgan fingerprint density at radius 3 is 2.77 bits per heavy atom. The van der Waals surface area contributed by atoms with Crippen molar-refractivity contribution in [2.75, 3.05) is 18.9 Å². The van der Waals surface area contributed by atoms with Crippen molar-refractivity contribution in [2.45, 2.75) is 18.4 Å². The number of likely N-dealkylation sites (tertiary alicyclic amines) is 1. The molecule has 1 aromatic heterocycles. The number of hydrogen-bond donors (Lipinski definition) is 2. The van der Waals surface area contributed by atoms with Gasteiger partial charge in [0.2, 0.25) is 5.91 Å². The molecule has 0 aliphatic carbocycles. The zero-order chi connectivity index (χ0) is 18.1. The number of nitrogens with zero attached hydrogens (tertiary/aromatic N) is 1. The second-order valence-electron chi connectivity index (χ2n) is 6.87. The summed E-state index contributed by atoms with van der Waals surface area (Å²) < 4.78 is 0. The molecule has 26 heavy (non-hydrogen) atoms. The number of nitrogens with one attached hydrogen (secondary N) is 2. The summed E-state index contributed by atoms with van der Waals surface area (Å²) in [7, 11) is 2.00. The smallest absolute Gasteiger partial charge is 0.242 e. The van der Waals surface area contributed by atoms with Gasteiger partial charge in [0.25, 0.3) is 0 Å². The first kappa shape index (κ1) is 16.5. The van der Waals surface area contributed by atoms with Crippen LogP contribution in [-0.2, 0) is 4.79 Å². The maximum atomic E-state index is 13.0. The van der Waals surface area contributed by atoms with Gasteiger partial charge in [-0.05, 0) is 49.8 Å². The van der Waals surface area contributed by atoms with Crippen LogP contribution >= 0.6 is 0 Å². The van der Waals surface area contributed by atoms with E-state index < -0.39 is 0 Å².